The highest BCUT2D eigenvalue weighted by Gasteiger charge is 2.90. The van der Waals surface area contributed by atoms with Gasteiger partial charge in [-0.1, -0.05) is 0 Å². The molecule has 0 aliphatic heterocycles. The molecule has 134 valence electrons. The molecule has 0 rings (SSSR count). The van der Waals surface area contributed by atoms with Crippen molar-refractivity contribution in [3.8, 4) is 0 Å². The SMILES string of the molecule is CC(F)(F)C(F)(F)C(F)(F)C(F)(F)C(F)(F)C(F)(F)C(O)O. The van der Waals surface area contributed by atoms with Gasteiger partial charge in [-0.3, -0.25) is 0 Å². The van der Waals surface area contributed by atoms with Crippen LogP contribution in [-0.4, -0.2) is 52.0 Å². The summed E-state index contributed by atoms with van der Waals surface area (Å²) in [6.07, 6.45) is -4.67. The van der Waals surface area contributed by atoms with E-state index in [1.807, 2.05) is 0 Å². The lowest BCUT2D eigenvalue weighted by Gasteiger charge is -2.40. The van der Waals surface area contributed by atoms with E-state index in [1.165, 1.54) is 0 Å². The van der Waals surface area contributed by atoms with Crippen molar-refractivity contribution >= 4 is 0 Å². The van der Waals surface area contributed by atoms with Crippen molar-refractivity contribution < 1.29 is 62.9 Å². The Morgan fingerprint density at radius 2 is 0.818 bits per heavy atom. The highest BCUT2D eigenvalue weighted by Crippen LogP contribution is 2.60. The van der Waals surface area contributed by atoms with Gasteiger partial charge in [0, 0.05) is 6.92 Å². The fraction of sp³-hybridized carbons (Fsp3) is 1.00. The summed E-state index contributed by atoms with van der Waals surface area (Å²) in [5.74, 6) is -42.9. The van der Waals surface area contributed by atoms with E-state index in [0.717, 1.165) is 0 Å². The molecule has 14 heteroatoms. The van der Waals surface area contributed by atoms with Crippen molar-refractivity contribution in [3.05, 3.63) is 0 Å². The molecule has 0 amide bonds. The molecule has 0 saturated carbocycles. The van der Waals surface area contributed by atoms with Gasteiger partial charge in [-0.05, 0) is 0 Å². The molecule has 0 unspecified atom stereocenters. The molecule has 0 aromatic rings. The van der Waals surface area contributed by atoms with Crippen molar-refractivity contribution in [2.24, 2.45) is 0 Å². The van der Waals surface area contributed by atoms with Crippen LogP contribution in [0.5, 0.6) is 0 Å². The average molecular weight is 362 g/mol. The number of rotatable bonds is 6. The summed E-state index contributed by atoms with van der Waals surface area (Å²) in [6.45, 7) is -1.03. The lowest BCUT2D eigenvalue weighted by Crippen LogP contribution is -2.71. The average Bonchev–Trinajstić information content (AvgIpc) is 2.25. The van der Waals surface area contributed by atoms with E-state index < -0.39 is 48.7 Å². The highest BCUT2D eigenvalue weighted by molar-refractivity contribution is 5.11. The van der Waals surface area contributed by atoms with Crippen molar-refractivity contribution in [2.75, 3.05) is 0 Å². The van der Waals surface area contributed by atoms with Gasteiger partial charge in [0.25, 0.3) is 0 Å². The minimum absolute atomic E-state index is 1.03. The molecule has 0 fully saturated rings. The van der Waals surface area contributed by atoms with Gasteiger partial charge in [-0.15, -0.1) is 0 Å². The molecule has 0 aliphatic carbocycles. The fourth-order valence-electron chi connectivity index (χ4n) is 1.04. The normalized spacial score (nSPS) is 16.4. The van der Waals surface area contributed by atoms with E-state index in [0.29, 0.717) is 0 Å². The van der Waals surface area contributed by atoms with Crippen LogP contribution >= 0.6 is 0 Å². The number of hydrogen-bond acceptors (Lipinski definition) is 2. The Labute approximate surface area is 113 Å². The molecule has 0 radical (unpaired) electrons. The lowest BCUT2D eigenvalue weighted by atomic mass is 9.91. The number of alkyl halides is 12. The molecule has 22 heavy (non-hydrogen) atoms. The molecular formula is C8H6F12O2. The van der Waals surface area contributed by atoms with Gasteiger partial charge < -0.3 is 10.2 Å². The van der Waals surface area contributed by atoms with Crippen LogP contribution in [-0.2, 0) is 0 Å². The second-order valence-corrected chi connectivity index (χ2v) is 4.18. The molecule has 0 heterocycles. The smallest absolute Gasteiger partial charge is 0.363 e. The van der Waals surface area contributed by atoms with Crippen LogP contribution in [0.4, 0.5) is 52.7 Å². The molecular weight excluding hydrogens is 356 g/mol. The Kier molecular flexibility index (Phi) is 4.83. The summed E-state index contributed by atoms with van der Waals surface area (Å²) in [5, 5.41) is 15.6. The zero-order valence-corrected chi connectivity index (χ0v) is 10.0. The quantitative estimate of drug-likeness (QED) is 0.563. The monoisotopic (exact) mass is 362 g/mol. The van der Waals surface area contributed by atoms with E-state index in [2.05, 4.69) is 0 Å². The number of aliphatic hydroxyl groups is 2. The van der Waals surface area contributed by atoms with Gasteiger partial charge in [0.05, 0.1) is 0 Å². The third kappa shape index (κ3) is 2.49. The summed E-state index contributed by atoms with van der Waals surface area (Å²) in [6, 6.07) is 0. The first kappa shape index (κ1) is 21.1. The summed E-state index contributed by atoms with van der Waals surface area (Å²) in [4.78, 5) is 0. The topological polar surface area (TPSA) is 40.5 Å². The maximum Gasteiger partial charge on any atom is 0.384 e. The first-order valence-corrected chi connectivity index (χ1v) is 4.82. The van der Waals surface area contributed by atoms with Crippen molar-refractivity contribution in [3.63, 3.8) is 0 Å². The summed E-state index contributed by atoms with van der Waals surface area (Å²) in [5.41, 5.74) is 0. The molecule has 0 aromatic carbocycles. The maximum atomic E-state index is 12.8. The predicted molar refractivity (Wildman–Crippen MR) is 43.6 cm³/mol. The molecule has 0 saturated heterocycles. The Morgan fingerprint density at radius 3 is 1.05 bits per heavy atom. The van der Waals surface area contributed by atoms with Crippen LogP contribution in [0.3, 0.4) is 0 Å². The van der Waals surface area contributed by atoms with Crippen LogP contribution in [0.25, 0.3) is 0 Å². The van der Waals surface area contributed by atoms with E-state index in [-0.39, 0.29) is 0 Å². The number of hydrogen-bond donors (Lipinski definition) is 2. The van der Waals surface area contributed by atoms with E-state index >= 15 is 0 Å². The molecule has 0 aliphatic rings. The Bertz CT molecular complexity index is 410. The Balaban J connectivity index is 6.24. The minimum atomic E-state index is -7.77. The maximum absolute atomic E-state index is 12.8. The largest absolute Gasteiger partial charge is 0.384 e. The summed E-state index contributed by atoms with van der Waals surface area (Å²) < 4.78 is 152. The third-order valence-electron chi connectivity index (χ3n) is 2.48. The molecule has 0 atom stereocenters. The summed E-state index contributed by atoms with van der Waals surface area (Å²) >= 11 is 0. The predicted octanol–water partition coefficient (Wildman–Crippen LogP) is 3.13. The summed E-state index contributed by atoms with van der Waals surface area (Å²) in [7, 11) is 0. The fourth-order valence-corrected chi connectivity index (χ4v) is 1.04. The van der Waals surface area contributed by atoms with Gasteiger partial charge in [-0.2, -0.15) is 52.7 Å². The van der Waals surface area contributed by atoms with Gasteiger partial charge in [-0.25, -0.2) is 0 Å². The van der Waals surface area contributed by atoms with Gasteiger partial charge in [0.1, 0.15) is 0 Å². The van der Waals surface area contributed by atoms with E-state index in [1.54, 1.807) is 0 Å². The standard InChI is InChI=1S/C8H6F12O2/c1-3(9,10)5(13,14)7(17,18)8(19,20)6(15,16)4(11,12)2(21)22/h2,21-22H,1H3. The minimum Gasteiger partial charge on any atom is -0.363 e. The highest BCUT2D eigenvalue weighted by atomic mass is 19.4. The molecule has 0 bridgehead atoms. The first-order chi connectivity index (χ1) is 9.19. The van der Waals surface area contributed by atoms with Gasteiger partial charge in [0.15, 0.2) is 0 Å². The van der Waals surface area contributed by atoms with Crippen LogP contribution in [0, 0.1) is 0 Å². The van der Waals surface area contributed by atoms with Gasteiger partial charge in [0.2, 0.25) is 6.29 Å². The molecule has 2 N–H and O–H groups in total. The molecule has 0 spiro atoms. The Morgan fingerprint density at radius 1 is 0.545 bits per heavy atom. The van der Waals surface area contributed by atoms with Crippen molar-refractivity contribution in [1.29, 1.82) is 0 Å². The lowest BCUT2D eigenvalue weighted by molar-refractivity contribution is -0.437. The number of halogens is 12. The van der Waals surface area contributed by atoms with Crippen molar-refractivity contribution in [2.45, 2.75) is 48.7 Å². The van der Waals surface area contributed by atoms with E-state index in [9.17, 15) is 52.7 Å². The zero-order valence-electron chi connectivity index (χ0n) is 10.0. The Hall–Kier alpha value is -0.920. The van der Waals surface area contributed by atoms with Crippen LogP contribution in [0.15, 0.2) is 0 Å². The third-order valence-corrected chi connectivity index (χ3v) is 2.48. The van der Waals surface area contributed by atoms with Gasteiger partial charge >= 0.3 is 35.5 Å². The first-order valence-electron chi connectivity index (χ1n) is 4.82. The van der Waals surface area contributed by atoms with Crippen molar-refractivity contribution in [1.82, 2.24) is 0 Å². The van der Waals surface area contributed by atoms with Crippen LogP contribution in [0.1, 0.15) is 6.92 Å². The van der Waals surface area contributed by atoms with E-state index in [4.69, 9.17) is 10.2 Å². The molecule has 2 nitrogen and oxygen atoms in total. The molecule has 0 aromatic heterocycles. The second-order valence-electron chi connectivity index (χ2n) is 4.18. The second kappa shape index (κ2) is 5.04. The van der Waals surface area contributed by atoms with Crippen LogP contribution < -0.4 is 0 Å². The van der Waals surface area contributed by atoms with Crippen LogP contribution in [0.2, 0.25) is 0 Å². The number of aliphatic hydroxyl groups excluding tert-OH is 1. The zero-order chi connectivity index (χ0) is 18.6.